The van der Waals surface area contributed by atoms with Gasteiger partial charge >= 0.3 is 5.97 Å². The quantitative estimate of drug-likeness (QED) is 0.734. The number of carboxylic acids is 1. The van der Waals surface area contributed by atoms with Crippen molar-refractivity contribution in [2.24, 2.45) is 11.7 Å². The number of thiophene rings is 1. The molecule has 2 rings (SSSR count). The summed E-state index contributed by atoms with van der Waals surface area (Å²) in [6.45, 7) is 0. The second-order valence-corrected chi connectivity index (χ2v) is 7.88. The molecular weight excluding hydrogens is 316 g/mol. The highest BCUT2D eigenvalue weighted by Crippen LogP contribution is 2.26. The first kappa shape index (κ1) is 15.9. The monoisotopic (exact) mass is 332 g/mol. The lowest BCUT2D eigenvalue weighted by molar-refractivity contribution is -0.122. The van der Waals surface area contributed by atoms with Crippen LogP contribution in [0.1, 0.15) is 36.0 Å². The summed E-state index contributed by atoms with van der Waals surface area (Å²) in [5, 5.41) is 10.1. The van der Waals surface area contributed by atoms with E-state index in [1.54, 1.807) is 0 Å². The Morgan fingerprint density at radius 2 is 1.90 bits per heavy atom. The number of primary amides is 1. The van der Waals surface area contributed by atoms with Gasteiger partial charge in [-0.2, -0.15) is 0 Å². The van der Waals surface area contributed by atoms with Crippen LogP contribution < -0.4 is 10.5 Å². The number of sulfonamides is 1. The summed E-state index contributed by atoms with van der Waals surface area (Å²) in [7, 11) is -3.72. The Morgan fingerprint density at radius 3 is 2.38 bits per heavy atom. The zero-order valence-electron chi connectivity index (χ0n) is 11.1. The van der Waals surface area contributed by atoms with Crippen LogP contribution in [0.3, 0.4) is 0 Å². The Labute approximate surface area is 126 Å². The van der Waals surface area contributed by atoms with Gasteiger partial charge in [0.1, 0.15) is 4.21 Å². The van der Waals surface area contributed by atoms with Gasteiger partial charge in [0.15, 0.2) is 0 Å². The second-order valence-electron chi connectivity index (χ2n) is 5.03. The standard InChI is InChI=1S/C12H16N2O5S2/c13-11(15)7-1-3-9(4-2-7)14-21(18,19)10-5-8(6-20-10)12(16)17/h5-7,9,14H,1-4H2,(H2,13,15)(H,16,17). The van der Waals surface area contributed by atoms with E-state index in [4.69, 9.17) is 10.8 Å². The van der Waals surface area contributed by atoms with E-state index in [9.17, 15) is 18.0 Å². The van der Waals surface area contributed by atoms with Crippen molar-refractivity contribution >= 4 is 33.2 Å². The van der Waals surface area contributed by atoms with Crippen molar-refractivity contribution in [3.8, 4) is 0 Å². The summed E-state index contributed by atoms with van der Waals surface area (Å²) >= 11 is 0.873. The van der Waals surface area contributed by atoms with E-state index < -0.39 is 16.0 Å². The highest BCUT2D eigenvalue weighted by molar-refractivity contribution is 7.91. The molecule has 0 saturated heterocycles. The molecule has 1 fully saturated rings. The zero-order chi connectivity index (χ0) is 15.6. The third-order valence-electron chi connectivity index (χ3n) is 3.54. The highest BCUT2D eigenvalue weighted by atomic mass is 32.2. The number of nitrogens with one attached hydrogen (secondary N) is 1. The van der Waals surface area contributed by atoms with Gasteiger partial charge in [0.25, 0.3) is 0 Å². The Bertz CT molecular complexity index is 644. The largest absolute Gasteiger partial charge is 0.478 e. The fourth-order valence-electron chi connectivity index (χ4n) is 2.34. The van der Waals surface area contributed by atoms with E-state index in [0.29, 0.717) is 25.7 Å². The maximum Gasteiger partial charge on any atom is 0.336 e. The van der Waals surface area contributed by atoms with Crippen LogP contribution in [0.25, 0.3) is 0 Å². The van der Waals surface area contributed by atoms with Gasteiger partial charge in [-0.3, -0.25) is 4.79 Å². The number of carboxylic acid groups (broad SMARTS) is 1. The van der Waals surface area contributed by atoms with Gasteiger partial charge in [-0.25, -0.2) is 17.9 Å². The van der Waals surface area contributed by atoms with Crippen molar-refractivity contribution in [1.29, 1.82) is 0 Å². The average molecular weight is 332 g/mol. The number of nitrogens with two attached hydrogens (primary N) is 1. The summed E-state index contributed by atoms with van der Waals surface area (Å²) < 4.78 is 26.9. The molecule has 0 atom stereocenters. The molecule has 116 valence electrons. The number of hydrogen-bond donors (Lipinski definition) is 3. The van der Waals surface area contributed by atoms with Gasteiger partial charge in [0.2, 0.25) is 15.9 Å². The molecule has 0 bridgehead atoms. The number of carbonyl (C=O) groups is 2. The highest BCUT2D eigenvalue weighted by Gasteiger charge is 2.28. The van der Waals surface area contributed by atoms with Crippen molar-refractivity contribution in [3.63, 3.8) is 0 Å². The molecule has 0 radical (unpaired) electrons. The first-order chi connectivity index (χ1) is 9.79. The van der Waals surface area contributed by atoms with Crippen LogP contribution >= 0.6 is 11.3 Å². The number of aromatic carboxylic acids is 1. The number of rotatable bonds is 5. The fraction of sp³-hybridized carbons (Fsp3) is 0.500. The molecule has 0 aromatic carbocycles. The lowest BCUT2D eigenvalue weighted by Crippen LogP contribution is -2.39. The minimum atomic E-state index is -3.72. The van der Waals surface area contributed by atoms with Crippen LogP contribution in [0.4, 0.5) is 0 Å². The second kappa shape index (κ2) is 6.12. The Kier molecular flexibility index (Phi) is 4.64. The van der Waals surface area contributed by atoms with Crippen LogP contribution in [0.5, 0.6) is 0 Å². The van der Waals surface area contributed by atoms with Crippen molar-refractivity contribution in [2.45, 2.75) is 35.9 Å². The molecule has 0 unspecified atom stereocenters. The summed E-state index contributed by atoms with van der Waals surface area (Å²) in [4.78, 5) is 21.8. The van der Waals surface area contributed by atoms with E-state index >= 15 is 0 Å². The molecule has 7 nitrogen and oxygen atoms in total. The topological polar surface area (TPSA) is 127 Å². The van der Waals surface area contributed by atoms with Gasteiger partial charge in [-0.05, 0) is 31.7 Å². The van der Waals surface area contributed by atoms with E-state index in [1.165, 1.54) is 5.38 Å². The first-order valence-electron chi connectivity index (χ1n) is 6.43. The molecule has 1 aliphatic carbocycles. The molecular formula is C12H16N2O5S2. The van der Waals surface area contributed by atoms with Crippen molar-refractivity contribution in [2.75, 3.05) is 0 Å². The minimum absolute atomic E-state index is 0.0167. The van der Waals surface area contributed by atoms with Gasteiger partial charge in [-0.15, -0.1) is 11.3 Å². The van der Waals surface area contributed by atoms with E-state index in [0.717, 1.165) is 17.4 Å². The van der Waals surface area contributed by atoms with Crippen LogP contribution in [0.2, 0.25) is 0 Å². The predicted molar refractivity (Wildman–Crippen MR) is 76.5 cm³/mol. The number of carbonyl (C=O) groups excluding carboxylic acids is 1. The average Bonchev–Trinajstić information content (AvgIpc) is 2.89. The molecule has 1 aromatic heterocycles. The Morgan fingerprint density at radius 1 is 1.29 bits per heavy atom. The third-order valence-corrected chi connectivity index (χ3v) is 6.50. The van der Waals surface area contributed by atoms with Crippen molar-refractivity contribution in [1.82, 2.24) is 4.72 Å². The normalized spacial score (nSPS) is 22.9. The predicted octanol–water partition coefficient (Wildman–Crippen LogP) is 0.769. The maximum atomic E-state index is 12.2. The SMILES string of the molecule is NC(=O)C1CCC(NS(=O)(=O)c2cc(C(=O)O)cs2)CC1. The van der Waals surface area contributed by atoms with Gasteiger partial charge in [0.05, 0.1) is 5.56 Å². The van der Waals surface area contributed by atoms with E-state index in [-0.39, 0.29) is 27.6 Å². The van der Waals surface area contributed by atoms with Crippen LogP contribution in [0, 0.1) is 5.92 Å². The fourth-order valence-corrected chi connectivity index (χ4v) is 4.82. The van der Waals surface area contributed by atoms with Crippen LogP contribution in [-0.4, -0.2) is 31.4 Å². The van der Waals surface area contributed by atoms with Crippen molar-refractivity contribution < 1.29 is 23.1 Å². The first-order valence-corrected chi connectivity index (χ1v) is 8.79. The van der Waals surface area contributed by atoms with E-state index in [1.807, 2.05) is 0 Å². The lowest BCUT2D eigenvalue weighted by Gasteiger charge is -2.26. The van der Waals surface area contributed by atoms with Gasteiger partial charge in [-0.1, -0.05) is 0 Å². The lowest BCUT2D eigenvalue weighted by atomic mass is 9.86. The molecule has 0 spiro atoms. The summed E-state index contributed by atoms with van der Waals surface area (Å²) in [6, 6.07) is 0.894. The molecule has 0 aliphatic heterocycles. The van der Waals surface area contributed by atoms with Gasteiger partial charge < -0.3 is 10.8 Å². The Balaban J connectivity index is 2.01. The summed E-state index contributed by atoms with van der Waals surface area (Å²) in [5.74, 6) is -1.69. The maximum absolute atomic E-state index is 12.2. The molecule has 21 heavy (non-hydrogen) atoms. The molecule has 1 heterocycles. The molecule has 1 aromatic rings. The van der Waals surface area contributed by atoms with Gasteiger partial charge in [0, 0.05) is 17.3 Å². The minimum Gasteiger partial charge on any atom is -0.478 e. The summed E-state index contributed by atoms with van der Waals surface area (Å²) in [6.07, 6.45) is 2.22. The molecule has 1 aliphatic rings. The van der Waals surface area contributed by atoms with Crippen LogP contribution in [0.15, 0.2) is 15.7 Å². The van der Waals surface area contributed by atoms with E-state index in [2.05, 4.69) is 4.72 Å². The number of hydrogen-bond acceptors (Lipinski definition) is 5. The molecule has 1 amide bonds. The molecule has 4 N–H and O–H groups in total. The number of amides is 1. The molecule has 1 saturated carbocycles. The summed E-state index contributed by atoms with van der Waals surface area (Å²) in [5.41, 5.74) is 5.19. The van der Waals surface area contributed by atoms with Crippen LogP contribution in [-0.2, 0) is 14.8 Å². The third kappa shape index (κ3) is 3.80. The smallest absolute Gasteiger partial charge is 0.336 e. The Hall–Kier alpha value is -1.45. The molecule has 9 heteroatoms. The zero-order valence-corrected chi connectivity index (χ0v) is 12.7. The van der Waals surface area contributed by atoms with Crippen molar-refractivity contribution in [3.05, 3.63) is 17.0 Å².